The Morgan fingerprint density at radius 2 is 2.15 bits per heavy atom. The normalized spacial score (nSPS) is 18.7. The zero-order valence-corrected chi connectivity index (χ0v) is 11.8. The summed E-state index contributed by atoms with van der Waals surface area (Å²) in [5.74, 6) is -2.02. The van der Waals surface area contributed by atoms with E-state index in [4.69, 9.17) is 4.84 Å². The molecule has 9 heteroatoms. The molecule has 0 spiro atoms. The predicted octanol–water partition coefficient (Wildman–Crippen LogP) is 0.414. The van der Waals surface area contributed by atoms with Gasteiger partial charge in [0, 0.05) is 18.5 Å². The second-order valence-corrected chi connectivity index (χ2v) is 5.12. The highest BCUT2D eigenvalue weighted by Crippen LogP contribution is 2.26. The lowest BCUT2D eigenvalue weighted by Crippen LogP contribution is -2.34. The van der Waals surface area contributed by atoms with Crippen LogP contribution >= 0.6 is 12.0 Å². The van der Waals surface area contributed by atoms with Gasteiger partial charge in [0.25, 0.3) is 11.8 Å². The van der Waals surface area contributed by atoms with E-state index in [2.05, 4.69) is 9.37 Å². The molecule has 1 unspecified atom stereocenters. The number of nitrogens with zero attached hydrogens (tertiary/aromatic N) is 1. The fourth-order valence-corrected chi connectivity index (χ4v) is 2.18. The van der Waals surface area contributed by atoms with Crippen LogP contribution < -0.4 is 5.26 Å². The Kier molecular flexibility index (Phi) is 7.52. The number of amides is 2. The Hall–Kier alpha value is -1.16. The van der Waals surface area contributed by atoms with Crippen LogP contribution in [0.15, 0.2) is 0 Å². The third kappa shape index (κ3) is 5.08. The molecule has 0 saturated carbocycles. The first-order chi connectivity index (χ1) is 9.60. The minimum absolute atomic E-state index is 0.148. The number of hydrogen-bond acceptors (Lipinski definition) is 8. The van der Waals surface area contributed by atoms with Gasteiger partial charge >= 0.3 is 5.97 Å². The van der Waals surface area contributed by atoms with Crippen molar-refractivity contribution in [3.05, 3.63) is 0 Å². The number of carbonyl (C=O) groups is 3. The zero-order chi connectivity index (χ0) is 15.0. The van der Waals surface area contributed by atoms with Crippen molar-refractivity contribution < 1.29 is 33.9 Å². The van der Waals surface area contributed by atoms with E-state index >= 15 is 0 Å². The molecule has 1 fully saturated rings. The highest BCUT2D eigenvalue weighted by atomic mass is 32.2. The summed E-state index contributed by atoms with van der Waals surface area (Å²) in [6.07, 6.45) is 3.53. The second-order valence-electron chi connectivity index (χ2n) is 4.23. The largest absolute Gasteiger partial charge is 0.691 e. The summed E-state index contributed by atoms with van der Waals surface area (Å²) in [5.41, 5.74) is 0. The van der Waals surface area contributed by atoms with Crippen molar-refractivity contribution in [3.63, 3.8) is 0 Å². The molecule has 20 heavy (non-hydrogen) atoms. The van der Waals surface area contributed by atoms with E-state index < -0.39 is 23.0 Å². The summed E-state index contributed by atoms with van der Waals surface area (Å²) in [4.78, 5) is 39.4. The molecule has 0 radical (unpaired) electrons. The summed E-state index contributed by atoms with van der Waals surface area (Å²) >= 11 is 0.413. The van der Waals surface area contributed by atoms with Crippen LogP contribution in [0.4, 0.5) is 0 Å². The lowest BCUT2D eigenvalue weighted by atomic mass is 10.2. The molecule has 1 aliphatic rings. The Balaban J connectivity index is 2.37. The van der Waals surface area contributed by atoms with Crippen LogP contribution in [0.3, 0.4) is 0 Å². The Morgan fingerprint density at radius 3 is 2.80 bits per heavy atom. The minimum atomic E-state index is -0.940. The van der Waals surface area contributed by atoms with E-state index in [0.717, 1.165) is 19.3 Å². The van der Waals surface area contributed by atoms with Gasteiger partial charge in [-0.2, -0.15) is 4.33 Å². The van der Waals surface area contributed by atoms with Crippen LogP contribution in [-0.2, 0) is 28.6 Å². The first-order valence-electron chi connectivity index (χ1n) is 6.29. The van der Waals surface area contributed by atoms with Crippen molar-refractivity contribution in [1.82, 2.24) is 5.06 Å². The van der Waals surface area contributed by atoms with E-state index in [1.807, 2.05) is 6.92 Å². The highest BCUT2D eigenvalue weighted by Gasteiger charge is 2.42. The third-order valence-corrected chi connectivity index (χ3v) is 3.41. The molecule has 0 bridgehead atoms. The second kappa shape index (κ2) is 8.90. The summed E-state index contributed by atoms with van der Waals surface area (Å²) in [6, 6.07) is 0. The van der Waals surface area contributed by atoms with Crippen molar-refractivity contribution in [2.75, 3.05) is 0 Å². The zero-order valence-electron chi connectivity index (χ0n) is 11.0. The summed E-state index contributed by atoms with van der Waals surface area (Å²) in [5, 5.41) is 12.3. The number of rotatable bonds is 9. The van der Waals surface area contributed by atoms with Crippen molar-refractivity contribution in [1.29, 1.82) is 0 Å². The standard InChI is InChI=1S/C11H17NO7S/c1-2-3-4-5-6-10(14)17-12-9(13)7-8(11(12)15)20-19-18-16/h8,16H,2-7H2,1H3/p-1. The maximum absolute atomic E-state index is 11.7. The van der Waals surface area contributed by atoms with Crippen LogP contribution in [0.2, 0.25) is 0 Å². The first-order valence-corrected chi connectivity index (χ1v) is 7.10. The molecular formula is C11H16NO7S-. The molecule has 1 heterocycles. The monoisotopic (exact) mass is 306 g/mol. The van der Waals surface area contributed by atoms with Gasteiger partial charge in [-0.3, -0.25) is 14.6 Å². The van der Waals surface area contributed by atoms with E-state index in [9.17, 15) is 19.6 Å². The fourth-order valence-electron chi connectivity index (χ4n) is 1.66. The summed E-state index contributed by atoms with van der Waals surface area (Å²) < 4.78 is 4.00. The van der Waals surface area contributed by atoms with Gasteiger partial charge in [0.15, 0.2) is 0 Å². The molecule has 1 atom stereocenters. The SMILES string of the molecule is CCCCCCC(=O)ON1C(=O)CC(SOO[O-])C1=O. The van der Waals surface area contributed by atoms with Gasteiger partial charge in [-0.1, -0.05) is 26.2 Å². The third-order valence-electron chi connectivity index (χ3n) is 2.67. The van der Waals surface area contributed by atoms with Crippen molar-refractivity contribution in [2.24, 2.45) is 0 Å². The molecule has 0 aliphatic carbocycles. The quantitative estimate of drug-likeness (QED) is 0.198. The van der Waals surface area contributed by atoms with Gasteiger partial charge in [0.2, 0.25) is 0 Å². The molecule has 0 aromatic carbocycles. The lowest BCUT2D eigenvalue weighted by Gasteiger charge is -2.13. The number of hydroxylamine groups is 2. The molecule has 2 amide bonds. The average molecular weight is 306 g/mol. The smallest absolute Gasteiger partial charge is 0.333 e. The Labute approximate surface area is 120 Å². The van der Waals surface area contributed by atoms with E-state index in [-0.39, 0.29) is 12.8 Å². The molecule has 1 saturated heterocycles. The maximum atomic E-state index is 11.7. The van der Waals surface area contributed by atoms with Crippen molar-refractivity contribution in [3.8, 4) is 0 Å². The summed E-state index contributed by atoms with van der Waals surface area (Å²) in [7, 11) is 0. The minimum Gasteiger partial charge on any atom is -0.691 e. The van der Waals surface area contributed by atoms with Crippen LogP contribution in [0.1, 0.15) is 45.4 Å². The summed E-state index contributed by atoms with van der Waals surface area (Å²) in [6.45, 7) is 2.05. The Bertz CT molecular complexity index is 363. The highest BCUT2D eigenvalue weighted by molar-refractivity contribution is 7.96. The van der Waals surface area contributed by atoms with Crippen LogP contribution in [0.25, 0.3) is 0 Å². The fraction of sp³-hybridized carbons (Fsp3) is 0.727. The molecular weight excluding hydrogens is 290 g/mol. The van der Waals surface area contributed by atoms with E-state index in [1.54, 1.807) is 0 Å². The number of unbranched alkanes of at least 4 members (excludes halogenated alkanes) is 3. The predicted molar refractivity (Wildman–Crippen MR) is 64.9 cm³/mol. The van der Waals surface area contributed by atoms with Crippen LogP contribution in [0, 0.1) is 0 Å². The molecule has 0 aromatic heterocycles. The molecule has 114 valence electrons. The van der Waals surface area contributed by atoms with Crippen LogP contribution in [-0.4, -0.2) is 28.1 Å². The maximum Gasteiger partial charge on any atom is 0.333 e. The molecule has 1 rings (SSSR count). The van der Waals surface area contributed by atoms with Gasteiger partial charge in [-0.25, -0.2) is 4.79 Å². The van der Waals surface area contributed by atoms with Gasteiger partial charge in [-0.05, 0) is 6.42 Å². The van der Waals surface area contributed by atoms with Crippen molar-refractivity contribution in [2.45, 2.75) is 50.7 Å². The van der Waals surface area contributed by atoms with Crippen molar-refractivity contribution >= 4 is 29.8 Å². The molecule has 8 nitrogen and oxygen atoms in total. The van der Waals surface area contributed by atoms with Gasteiger partial charge in [-0.15, -0.1) is 5.06 Å². The molecule has 0 aromatic rings. The van der Waals surface area contributed by atoms with Gasteiger partial charge < -0.3 is 10.1 Å². The lowest BCUT2D eigenvalue weighted by molar-refractivity contribution is -0.777. The van der Waals surface area contributed by atoms with Gasteiger partial charge in [0.05, 0.1) is 6.42 Å². The molecule has 0 N–H and O–H groups in total. The van der Waals surface area contributed by atoms with Gasteiger partial charge in [0.1, 0.15) is 5.25 Å². The Morgan fingerprint density at radius 1 is 1.40 bits per heavy atom. The van der Waals surface area contributed by atoms with E-state index in [0.29, 0.717) is 23.5 Å². The molecule has 1 aliphatic heterocycles. The van der Waals surface area contributed by atoms with Crippen LogP contribution in [0.5, 0.6) is 0 Å². The number of hydrogen-bond donors (Lipinski definition) is 0. The van der Waals surface area contributed by atoms with E-state index in [1.165, 1.54) is 0 Å². The average Bonchev–Trinajstić information content (AvgIpc) is 2.69. The first kappa shape index (κ1) is 16.9. The number of imide groups is 1. The topological polar surface area (TPSA) is 105 Å². The number of carbonyl (C=O) groups excluding carboxylic acids is 3.